The van der Waals surface area contributed by atoms with Crippen LogP contribution in [0.2, 0.25) is 0 Å². The van der Waals surface area contributed by atoms with Crippen LogP contribution in [0.5, 0.6) is 5.75 Å². The Morgan fingerprint density at radius 2 is 1.71 bits per heavy atom. The molecule has 24 heavy (non-hydrogen) atoms. The number of hydrogen-bond donors (Lipinski definition) is 2. The van der Waals surface area contributed by atoms with E-state index in [4.69, 9.17) is 4.74 Å². The molecule has 0 aromatic heterocycles. The van der Waals surface area contributed by atoms with Crippen molar-refractivity contribution in [3.63, 3.8) is 0 Å². The second kappa shape index (κ2) is 9.45. The van der Waals surface area contributed by atoms with Crippen molar-refractivity contribution < 1.29 is 9.84 Å². The number of rotatable bonds is 9. The number of nitrogens with one attached hydrogen (secondary N) is 1. The van der Waals surface area contributed by atoms with Crippen LogP contribution in [-0.2, 0) is 6.42 Å². The predicted molar refractivity (Wildman–Crippen MR) is 99.6 cm³/mol. The van der Waals surface area contributed by atoms with Gasteiger partial charge in [0.1, 0.15) is 18.5 Å². The van der Waals surface area contributed by atoms with E-state index in [9.17, 15) is 5.11 Å². The number of aliphatic hydroxyl groups is 1. The third kappa shape index (κ3) is 6.73. The summed E-state index contributed by atoms with van der Waals surface area (Å²) < 4.78 is 5.70. The molecule has 0 spiro atoms. The Morgan fingerprint density at radius 3 is 2.38 bits per heavy atom. The van der Waals surface area contributed by atoms with E-state index in [1.165, 1.54) is 16.7 Å². The molecule has 0 aliphatic carbocycles. The molecule has 2 unspecified atom stereocenters. The number of aryl methyl sites for hydroxylation is 3. The molecule has 0 aliphatic rings. The van der Waals surface area contributed by atoms with Gasteiger partial charge in [0.05, 0.1) is 0 Å². The van der Waals surface area contributed by atoms with Crippen LogP contribution in [-0.4, -0.2) is 30.4 Å². The highest BCUT2D eigenvalue weighted by Crippen LogP contribution is 2.16. The Bertz CT molecular complexity index is 592. The average Bonchev–Trinajstić information content (AvgIpc) is 2.56. The normalized spacial score (nSPS) is 13.5. The topological polar surface area (TPSA) is 41.5 Å². The monoisotopic (exact) mass is 327 g/mol. The van der Waals surface area contributed by atoms with Crippen molar-refractivity contribution in [1.82, 2.24) is 5.32 Å². The third-order valence-corrected chi connectivity index (χ3v) is 4.05. The van der Waals surface area contributed by atoms with Gasteiger partial charge in [-0.3, -0.25) is 0 Å². The van der Waals surface area contributed by atoms with Crippen molar-refractivity contribution in [2.75, 3.05) is 13.2 Å². The molecule has 0 bridgehead atoms. The van der Waals surface area contributed by atoms with Crippen LogP contribution < -0.4 is 10.1 Å². The van der Waals surface area contributed by atoms with Gasteiger partial charge in [-0.05, 0) is 62.4 Å². The summed E-state index contributed by atoms with van der Waals surface area (Å²) >= 11 is 0. The minimum absolute atomic E-state index is 0.307. The zero-order chi connectivity index (χ0) is 17.4. The summed E-state index contributed by atoms with van der Waals surface area (Å²) in [4.78, 5) is 0. The number of benzene rings is 2. The summed E-state index contributed by atoms with van der Waals surface area (Å²) in [7, 11) is 0. The fraction of sp³-hybridized carbons (Fsp3) is 0.429. The Kier molecular flexibility index (Phi) is 7.29. The van der Waals surface area contributed by atoms with Crippen molar-refractivity contribution in [3.8, 4) is 5.75 Å². The predicted octanol–water partition coefficient (Wildman–Crippen LogP) is 3.65. The summed E-state index contributed by atoms with van der Waals surface area (Å²) in [5.41, 5.74) is 3.70. The van der Waals surface area contributed by atoms with Gasteiger partial charge < -0.3 is 15.2 Å². The Labute approximate surface area is 145 Å². The first-order valence-corrected chi connectivity index (χ1v) is 8.69. The third-order valence-electron chi connectivity index (χ3n) is 4.05. The first-order chi connectivity index (χ1) is 11.5. The second-order valence-corrected chi connectivity index (χ2v) is 6.62. The maximum absolute atomic E-state index is 10.1. The van der Waals surface area contributed by atoms with Gasteiger partial charge in [-0.2, -0.15) is 0 Å². The molecule has 2 atom stereocenters. The van der Waals surface area contributed by atoms with E-state index in [1.54, 1.807) is 0 Å². The van der Waals surface area contributed by atoms with Gasteiger partial charge in [0, 0.05) is 12.6 Å². The van der Waals surface area contributed by atoms with Gasteiger partial charge in [-0.15, -0.1) is 0 Å². The molecular formula is C21H29NO2. The van der Waals surface area contributed by atoms with Crippen molar-refractivity contribution in [2.24, 2.45) is 0 Å². The van der Waals surface area contributed by atoms with Crippen LogP contribution in [0, 0.1) is 13.8 Å². The molecule has 2 aromatic carbocycles. The lowest BCUT2D eigenvalue weighted by molar-refractivity contribution is 0.104. The fourth-order valence-corrected chi connectivity index (χ4v) is 2.73. The van der Waals surface area contributed by atoms with Crippen LogP contribution in [0.15, 0.2) is 48.5 Å². The molecule has 0 fully saturated rings. The molecule has 0 amide bonds. The van der Waals surface area contributed by atoms with Crippen LogP contribution in [0.1, 0.15) is 30.0 Å². The quantitative estimate of drug-likeness (QED) is 0.738. The molecule has 2 aromatic rings. The van der Waals surface area contributed by atoms with Gasteiger partial charge in [0.25, 0.3) is 0 Å². The van der Waals surface area contributed by atoms with E-state index < -0.39 is 6.10 Å². The molecule has 0 radical (unpaired) electrons. The van der Waals surface area contributed by atoms with E-state index >= 15 is 0 Å². The summed E-state index contributed by atoms with van der Waals surface area (Å²) in [5, 5.41) is 13.5. The molecule has 0 aliphatic heterocycles. The Balaban J connectivity index is 1.66. The standard InChI is InChI=1S/C21H29NO2/c1-16-11-17(2)13-21(12-16)24-15-20(23)14-22-18(3)9-10-19-7-5-4-6-8-19/h4-8,11-13,18,20,22-23H,9-10,14-15H2,1-3H3. The van der Waals surface area contributed by atoms with E-state index in [2.05, 4.69) is 42.6 Å². The second-order valence-electron chi connectivity index (χ2n) is 6.62. The Hall–Kier alpha value is -1.84. The average molecular weight is 327 g/mol. The molecule has 0 saturated carbocycles. The fourth-order valence-electron chi connectivity index (χ4n) is 2.73. The smallest absolute Gasteiger partial charge is 0.119 e. The zero-order valence-corrected chi connectivity index (χ0v) is 15.0. The van der Waals surface area contributed by atoms with Gasteiger partial charge in [0.2, 0.25) is 0 Å². The summed E-state index contributed by atoms with van der Waals surface area (Å²) in [5.74, 6) is 0.823. The van der Waals surface area contributed by atoms with Crippen LogP contribution in [0.3, 0.4) is 0 Å². The van der Waals surface area contributed by atoms with Crippen LogP contribution in [0.4, 0.5) is 0 Å². The SMILES string of the molecule is Cc1cc(C)cc(OCC(O)CNC(C)CCc2ccccc2)c1. The first kappa shape index (κ1) is 18.5. The van der Waals surface area contributed by atoms with Crippen LogP contribution >= 0.6 is 0 Å². The van der Waals surface area contributed by atoms with Crippen molar-refractivity contribution in [1.29, 1.82) is 0 Å². The van der Waals surface area contributed by atoms with Crippen molar-refractivity contribution in [2.45, 2.75) is 45.8 Å². The minimum atomic E-state index is -0.509. The molecule has 0 saturated heterocycles. The van der Waals surface area contributed by atoms with E-state index in [-0.39, 0.29) is 0 Å². The highest BCUT2D eigenvalue weighted by atomic mass is 16.5. The van der Waals surface area contributed by atoms with Crippen molar-refractivity contribution >= 4 is 0 Å². The zero-order valence-electron chi connectivity index (χ0n) is 15.0. The lowest BCUT2D eigenvalue weighted by Gasteiger charge is -2.18. The van der Waals surface area contributed by atoms with Gasteiger partial charge in [-0.25, -0.2) is 0 Å². The van der Waals surface area contributed by atoms with E-state index in [0.717, 1.165) is 18.6 Å². The summed E-state index contributed by atoms with van der Waals surface area (Å²) in [6.45, 7) is 7.10. The highest BCUT2D eigenvalue weighted by molar-refractivity contribution is 5.33. The Morgan fingerprint density at radius 1 is 1.04 bits per heavy atom. The first-order valence-electron chi connectivity index (χ1n) is 8.69. The van der Waals surface area contributed by atoms with E-state index in [0.29, 0.717) is 19.2 Å². The number of aliphatic hydroxyl groups excluding tert-OH is 1. The molecule has 130 valence electrons. The van der Waals surface area contributed by atoms with Gasteiger partial charge in [-0.1, -0.05) is 36.4 Å². The molecule has 2 N–H and O–H groups in total. The van der Waals surface area contributed by atoms with Gasteiger partial charge >= 0.3 is 0 Å². The van der Waals surface area contributed by atoms with E-state index in [1.807, 2.05) is 32.0 Å². The van der Waals surface area contributed by atoms with Crippen LogP contribution in [0.25, 0.3) is 0 Å². The summed E-state index contributed by atoms with van der Waals surface area (Å²) in [6, 6.07) is 16.9. The molecule has 3 nitrogen and oxygen atoms in total. The molecule has 0 heterocycles. The molecule has 2 rings (SSSR count). The van der Waals surface area contributed by atoms with Crippen molar-refractivity contribution in [3.05, 3.63) is 65.2 Å². The molecule has 3 heteroatoms. The minimum Gasteiger partial charge on any atom is -0.491 e. The lowest BCUT2D eigenvalue weighted by Crippen LogP contribution is -2.36. The van der Waals surface area contributed by atoms with Gasteiger partial charge in [0.15, 0.2) is 0 Å². The maximum Gasteiger partial charge on any atom is 0.119 e. The highest BCUT2D eigenvalue weighted by Gasteiger charge is 2.09. The number of hydrogen-bond acceptors (Lipinski definition) is 3. The lowest BCUT2D eigenvalue weighted by atomic mass is 10.1. The maximum atomic E-state index is 10.1. The molecular weight excluding hydrogens is 298 g/mol. The number of ether oxygens (including phenoxy) is 1. The largest absolute Gasteiger partial charge is 0.491 e. The summed E-state index contributed by atoms with van der Waals surface area (Å²) in [6.07, 6.45) is 1.59.